The molecule has 2 aromatic carbocycles. The van der Waals surface area contributed by atoms with Gasteiger partial charge in [0.15, 0.2) is 0 Å². The fourth-order valence-corrected chi connectivity index (χ4v) is 2.54. The Hall–Kier alpha value is -2.93. The lowest BCUT2D eigenvalue weighted by molar-refractivity contribution is -0.137. The van der Waals surface area contributed by atoms with Crippen molar-refractivity contribution in [1.82, 2.24) is 4.98 Å². The van der Waals surface area contributed by atoms with Crippen LogP contribution in [-0.4, -0.2) is 17.7 Å². The van der Waals surface area contributed by atoms with Crippen molar-refractivity contribution < 1.29 is 27.4 Å². The zero-order valence-electron chi connectivity index (χ0n) is 15.3. The van der Waals surface area contributed by atoms with Crippen LogP contribution in [0.2, 0.25) is 5.02 Å². The molecule has 0 aliphatic carbocycles. The van der Waals surface area contributed by atoms with Crippen molar-refractivity contribution in [3.8, 4) is 23.1 Å². The summed E-state index contributed by atoms with van der Waals surface area (Å²) in [6.07, 6.45) is -4.32. The highest BCUT2D eigenvalue weighted by Crippen LogP contribution is 2.33. The summed E-state index contributed by atoms with van der Waals surface area (Å²) < 4.78 is 54.8. The third kappa shape index (κ3) is 6.02. The monoisotopic (exact) mass is 423 g/mol. The molecule has 0 fully saturated rings. The van der Waals surface area contributed by atoms with E-state index in [1.807, 2.05) is 30.3 Å². The van der Waals surface area contributed by atoms with Crippen LogP contribution < -0.4 is 14.2 Å². The molecule has 0 bridgehead atoms. The van der Waals surface area contributed by atoms with Gasteiger partial charge >= 0.3 is 6.18 Å². The van der Waals surface area contributed by atoms with E-state index in [-0.39, 0.29) is 17.5 Å². The van der Waals surface area contributed by atoms with E-state index in [1.54, 1.807) is 31.2 Å². The molecule has 3 rings (SSSR count). The van der Waals surface area contributed by atoms with Crippen LogP contribution in [-0.2, 0) is 6.18 Å². The Labute approximate surface area is 170 Å². The van der Waals surface area contributed by atoms with Crippen LogP contribution in [0.15, 0.2) is 66.9 Å². The van der Waals surface area contributed by atoms with Crippen LogP contribution in [0.3, 0.4) is 0 Å². The Morgan fingerprint density at radius 1 is 0.966 bits per heavy atom. The largest absolute Gasteiger partial charge is 0.490 e. The van der Waals surface area contributed by atoms with Crippen molar-refractivity contribution in [3.05, 3.63) is 77.4 Å². The van der Waals surface area contributed by atoms with E-state index >= 15 is 0 Å². The fourth-order valence-electron chi connectivity index (χ4n) is 2.33. The van der Waals surface area contributed by atoms with Gasteiger partial charge in [0.05, 0.1) is 5.56 Å². The molecule has 3 aromatic rings. The van der Waals surface area contributed by atoms with Crippen molar-refractivity contribution in [2.24, 2.45) is 0 Å². The summed E-state index contributed by atoms with van der Waals surface area (Å²) in [6.45, 7) is 1.85. The highest BCUT2D eigenvalue weighted by molar-refractivity contribution is 6.31. The number of pyridine rings is 1. The van der Waals surface area contributed by atoms with Gasteiger partial charge in [-0.05, 0) is 49.4 Å². The van der Waals surface area contributed by atoms with Crippen molar-refractivity contribution in [2.45, 2.75) is 19.2 Å². The Bertz CT molecular complexity index is 934. The summed E-state index contributed by atoms with van der Waals surface area (Å²) in [5, 5.41) is -0.214. The molecule has 4 nitrogen and oxygen atoms in total. The summed E-state index contributed by atoms with van der Waals surface area (Å²) >= 11 is 5.84. The molecule has 1 aromatic heterocycles. The van der Waals surface area contributed by atoms with Crippen molar-refractivity contribution in [2.75, 3.05) is 6.61 Å². The van der Waals surface area contributed by atoms with Crippen LogP contribution in [0.1, 0.15) is 12.5 Å². The van der Waals surface area contributed by atoms with Gasteiger partial charge in [-0.25, -0.2) is 4.98 Å². The lowest BCUT2D eigenvalue weighted by Gasteiger charge is -2.16. The number of alkyl halides is 3. The maximum Gasteiger partial charge on any atom is 0.417 e. The van der Waals surface area contributed by atoms with Crippen molar-refractivity contribution in [1.29, 1.82) is 0 Å². The SMILES string of the molecule is CC(COc1ccc(Oc2ccccc2)cc1)Oc1ncc(C(F)(F)F)cc1Cl. The number of halogens is 4. The van der Waals surface area contributed by atoms with Crippen LogP contribution in [0.5, 0.6) is 23.1 Å². The number of benzene rings is 2. The average Bonchev–Trinajstić information content (AvgIpc) is 2.69. The number of nitrogens with zero attached hydrogens (tertiary/aromatic N) is 1. The van der Waals surface area contributed by atoms with Gasteiger partial charge in [0.25, 0.3) is 0 Å². The second-order valence-corrected chi connectivity index (χ2v) is 6.54. The standard InChI is InChI=1S/C21H17ClF3NO3/c1-14(28-20-19(22)11-15(12-26-20)21(23,24)25)13-27-16-7-9-18(10-8-16)29-17-5-3-2-4-6-17/h2-12,14H,13H2,1H3. The molecular weight excluding hydrogens is 407 g/mol. The van der Waals surface area contributed by atoms with Gasteiger partial charge in [-0.3, -0.25) is 0 Å². The average molecular weight is 424 g/mol. The summed E-state index contributed by atoms with van der Waals surface area (Å²) in [7, 11) is 0. The first-order valence-electron chi connectivity index (χ1n) is 8.66. The van der Waals surface area contributed by atoms with E-state index in [1.165, 1.54) is 0 Å². The number of hydrogen-bond acceptors (Lipinski definition) is 4. The summed E-state index contributed by atoms with van der Waals surface area (Å²) in [5.41, 5.74) is -0.934. The number of hydrogen-bond donors (Lipinski definition) is 0. The highest BCUT2D eigenvalue weighted by Gasteiger charge is 2.31. The van der Waals surface area contributed by atoms with E-state index in [0.29, 0.717) is 17.7 Å². The third-order valence-electron chi connectivity index (χ3n) is 3.73. The molecule has 1 heterocycles. The molecule has 0 N–H and O–H groups in total. The maximum atomic E-state index is 12.7. The minimum Gasteiger partial charge on any atom is -0.490 e. The fraction of sp³-hybridized carbons (Fsp3) is 0.190. The second-order valence-electron chi connectivity index (χ2n) is 6.13. The quantitative estimate of drug-likeness (QED) is 0.441. The van der Waals surface area contributed by atoms with Crippen LogP contribution >= 0.6 is 11.6 Å². The van der Waals surface area contributed by atoms with Gasteiger partial charge < -0.3 is 14.2 Å². The molecule has 0 aliphatic rings. The van der Waals surface area contributed by atoms with Gasteiger partial charge in [0.1, 0.15) is 35.0 Å². The molecule has 0 saturated heterocycles. The summed E-state index contributed by atoms with van der Waals surface area (Å²) in [6, 6.07) is 17.2. The third-order valence-corrected chi connectivity index (χ3v) is 4.01. The zero-order valence-corrected chi connectivity index (χ0v) is 16.1. The van der Waals surface area contributed by atoms with E-state index in [2.05, 4.69) is 4.98 Å². The minimum atomic E-state index is -4.51. The number of aromatic nitrogens is 1. The molecule has 8 heteroatoms. The number of rotatable bonds is 7. The molecule has 0 aliphatic heterocycles. The molecule has 0 saturated carbocycles. The van der Waals surface area contributed by atoms with Gasteiger partial charge in [-0.2, -0.15) is 13.2 Å². The molecule has 29 heavy (non-hydrogen) atoms. The van der Waals surface area contributed by atoms with E-state index < -0.39 is 17.8 Å². The van der Waals surface area contributed by atoms with Gasteiger partial charge in [-0.1, -0.05) is 29.8 Å². The second kappa shape index (κ2) is 9.05. The van der Waals surface area contributed by atoms with E-state index in [0.717, 1.165) is 11.8 Å². The Balaban J connectivity index is 1.52. The van der Waals surface area contributed by atoms with Crippen LogP contribution in [0.25, 0.3) is 0 Å². The Kier molecular flexibility index (Phi) is 6.49. The minimum absolute atomic E-state index is 0.0811. The van der Waals surface area contributed by atoms with Crippen molar-refractivity contribution >= 4 is 11.6 Å². The summed E-state index contributed by atoms with van der Waals surface area (Å²) in [4.78, 5) is 3.64. The predicted octanol–water partition coefficient (Wildman–Crippen LogP) is 6.39. The lowest BCUT2D eigenvalue weighted by Crippen LogP contribution is -2.22. The smallest absolute Gasteiger partial charge is 0.417 e. The zero-order chi connectivity index (χ0) is 20.9. The topological polar surface area (TPSA) is 40.6 Å². The molecule has 1 unspecified atom stereocenters. The first-order valence-corrected chi connectivity index (χ1v) is 9.04. The molecular formula is C21H17ClF3NO3. The lowest BCUT2D eigenvalue weighted by atomic mass is 10.3. The first-order chi connectivity index (χ1) is 13.8. The molecule has 0 radical (unpaired) electrons. The number of ether oxygens (including phenoxy) is 3. The first kappa shape index (κ1) is 20.8. The molecule has 0 amide bonds. The van der Waals surface area contributed by atoms with Gasteiger partial charge in [0, 0.05) is 6.20 Å². The number of para-hydroxylation sites is 1. The highest BCUT2D eigenvalue weighted by atomic mass is 35.5. The summed E-state index contributed by atoms with van der Waals surface area (Å²) in [5.74, 6) is 1.90. The molecule has 152 valence electrons. The Morgan fingerprint density at radius 3 is 2.21 bits per heavy atom. The normalized spacial score (nSPS) is 12.3. The van der Waals surface area contributed by atoms with Gasteiger partial charge in [-0.15, -0.1) is 0 Å². The van der Waals surface area contributed by atoms with Gasteiger partial charge in [0.2, 0.25) is 5.88 Å². The van der Waals surface area contributed by atoms with E-state index in [4.69, 9.17) is 25.8 Å². The maximum absolute atomic E-state index is 12.7. The predicted molar refractivity (Wildman–Crippen MR) is 103 cm³/mol. The van der Waals surface area contributed by atoms with Crippen LogP contribution in [0, 0.1) is 0 Å². The Morgan fingerprint density at radius 2 is 1.59 bits per heavy atom. The molecule has 1 atom stereocenters. The van der Waals surface area contributed by atoms with Crippen LogP contribution in [0.4, 0.5) is 13.2 Å². The van der Waals surface area contributed by atoms with E-state index in [9.17, 15) is 13.2 Å². The van der Waals surface area contributed by atoms with Crippen molar-refractivity contribution in [3.63, 3.8) is 0 Å². The molecule has 0 spiro atoms.